The molecule has 6 heteroatoms. The molecule has 0 aliphatic carbocycles. The Morgan fingerprint density at radius 1 is 1.44 bits per heavy atom. The van der Waals surface area contributed by atoms with E-state index < -0.39 is 11.7 Å². The number of alkyl halides is 3. The van der Waals surface area contributed by atoms with E-state index in [2.05, 4.69) is 5.32 Å². The van der Waals surface area contributed by atoms with Gasteiger partial charge >= 0.3 is 6.18 Å². The van der Waals surface area contributed by atoms with Crippen LogP contribution in [0.3, 0.4) is 0 Å². The third kappa shape index (κ3) is 4.37. The Kier molecular flexibility index (Phi) is 4.72. The molecule has 0 fully saturated rings. The quantitative estimate of drug-likeness (QED) is 0.874. The molecule has 1 amide bonds. The molecule has 1 aromatic rings. The molecule has 100 valence electrons. The summed E-state index contributed by atoms with van der Waals surface area (Å²) < 4.78 is 37.3. The maximum atomic E-state index is 12.4. The number of nitrogens with two attached hydrogens (primary N) is 1. The van der Waals surface area contributed by atoms with Gasteiger partial charge in [0.15, 0.2) is 0 Å². The van der Waals surface area contributed by atoms with Crippen LogP contribution in [0, 0.1) is 0 Å². The molecule has 0 bridgehead atoms. The van der Waals surface area contributed by atoms with E-state index in [4.69, 9.17) is 5.73 Å². The predicted molar refractivity (Wildman–Crippen MR) is 63.0 cm³/mol. The first-order valence-corrected chi connectivity index (χ1v) is 5.55. The molecule has 0 radical (unpaired) electrons. The van der Waals surface area contributed by atoms with E-state index in [0.717, 1.165) is 12.1 Å². The van der Waals surface area contributed by atoms with Crippen LogP contribution in [-0.2, 0) is 11.0 Å². The maximum absolute atomic E-state index is 12.4. The second-order valence-electron chi connectivity index (χ2n) is 4.00. The van der Waals surface area contributed by atoms with Gasteiger partial charge in [0.05, 0.1) is 5.56 Å². The molecule has 0 aliphatic heterocycles. The van der Waals surface area contributed by atoms with E-state index in [1.54, 1.807) is 0 Å². The summed E-state index contributed by atoms with van der Waals surface area (Å²) in [4.78, 5) is 11.5. The number of hydrogen-bond donors (Lipinski definition) is 2. The van der Waals surface area contributed by atoms with Crippen LogP contribution in [0.5, 0.6) is 0 Å². The van der Waals surface area contributed by atoms with Crippen molar-refractivity contribution in [2.75, 3.05) is 5.32 Å². The molecule has 18 heavy (non-hydrogen) atoms. The van der Waals surface area contributed by atoms with E-state index >= 15 is 0 Å². The van der Waals surface area contributed by atoms with E-state index in [0.29, 0.717) is 6.42 Å². The lowest BCUT2D eigenvalue weighted by atomic mass is 10.1. The van der Waals surface area contributed by atoms with Crippen LogP contribution in [0.2, 0.25) is 0 Å². The molecule has 3 N–H and O–H groups in total. The van der Waals surface area contributed by atoms with Crippen molar-refractivity contribution in [1.82, 2.24) is 0 Å². The normalized spacial score (nSPS) is 13.2. The lowest BCUT2D eigenvalue weighted by molar-refractivity contribution is -0.137. The van der Waals surface area contributed by atoms with Gasteiger partial charge in [0.2, 0.25) is 5.91 Å². The third-order valence-electron chi connectivity index (χ3n) is 2.45. The standard InChI is InChI=1S/C12H15F3N2O/c1-2-9(16)7-11(18)17-10-5-3-4-8(6-10)12(13,14)15/h3-6,9H,2,7,16H2,1H3,(H,17,18). The zero-order valence-corrected chi connectivity index (χ0v) is 9.92. The topological polar surface area (TPSA) is 55.1 Å². The Balaban J connectivity index is 2.71. The molecule has 0 saturated carbocycles. The van der Waals surface area contributed by atoms with Crippen LogP contribution in [0.4, 0.5) is 18.9 Å². The van der Waals surface area contributed by atoms with Crippen LogP contribution in [0.15, 0.2) is 24.3 Å². The number of carbonyl (C=O) groups is 1. The lowest BCUT2D eigenvalue weighted by Crippen LogP contribution is -2.26. The van der Waals surface area contributed by atoms with Gasteiger partial charge in [0.1, 0.15) is 0 Å². The Labute approximate surface area is 103 Å². The van der Waals surface area contributed by atoms with Gasteiger partial charge in [-0.25, -0.2) is 0 Å². The van der Waals surface area contributed by atoms with Gasteiger partial charge in [-0.3, -0.25) is 4.79 Å². The minimum absolute atomic E-state index is 0.0900. The summed E-state index contributed by atoms with van der Waals surface area (Å²) in [6.45, 7) is 1.84. The summed E-state index contributed by atoms with van der Waals surface area (Å²) in [6.07, 6.45) is -3.69. The molecule has 1 unspecified atom stereocenters. The number of benzene rings is 1. The monoisotopic (exact) mass is 260 g/mol. The molecule has 0 aromatic heterocycles. The summed E-state index contributed by atoms with van der Waals surface area (Å²) in [5, 5.41) is 2.40. The van der Waals surface area contributed by atoms with Crippen LogP contribution in [-0.4, -0.2) is 11.9 Å². The summed E-state index contributed by atoms with van der Waals surface area (Å²) in [6, 6.07) is 4.22. The van der Waals surface area contributed by atoms with Gasteiger partial charge < -0.3 is 11.1 Å². The Morgan fingerprint density at radius 2 is 2.11 bits per heavy atom. The number of rotatable bonds is 4. The Hall–Kier alpha value is -1.56. The Morgan fingerprint density at radius 3 is 2.67 bits per heavy atom. The number of halogens is 3. The zero-order chi connectivity index (χ0) is 13.8. The number of hydrogen-bond acceptors (Lipinski definition) is 2. The van der Waals surface area contributed by atoms with Crippen LogP contribution >= 0.6 is 0 Å². The SMILES string of the molecule is CCC(N)CC(=O)Nc1cccc(C(F)(F)F)c1. The highest BCUT2D eigenvalue weighted by atomic mass is 19.4. The Bertz CT molecular complexity index is 418. The van der Waals surface area contributed by atoms with Crippen molar-refractivity contribution in [3.63, 3.8) is 0 Å². The van der Waals surface area contributed by atoms with E-state index in [9.17, 15) is 18.0 Å². The highest BCUT2D eigenvalue weighted by Crippen LogP contribution is 2.30. The van der Waals surface area contributed by atoms with Gasteiger partial charge in [-0.15, -0.1) is 0 Å². The van der Waals surface area contributed by atoms with Crippen molar-refractivity contribution in [2.45, 2.75) is 32.0 Å². The van der Waals surface area contributed by atoms with Crippen molar-refractivity contribution in [1.29, 1.82) is 0 Å². The fourth-order valence-corrected chi connectivity index (χ4v) is 1.37. The first-order chi connectivity index (χ1) is 8.32. The summed E-state index contributed by atoms with van der Waals surface area (Å²) in [5.74, 6) is -0.385. The first-order valence-electron chi connectivity index (χ1n) is 5.55. The smallest absolute Gasteiger partial charge is 0.327 e. The number of nitrogens with one attached hydrogen (secondary N) is 1. The second kappa shape index (κ2) is 5.86. The van der Waals surface area contributed by atoms with Crippen molar-refractivity contribution in [2.24, 2.45) is 5.73 Å². The molecule has 1 rings (SSSR count). The van der Waals surface area contributed by atoms with E-state index in [1.807, 2.05) is 6.92 Å². The summed E-state index contributed by atoms with van der Waals surface area (Å²) in [5.41, 5.74) is 4.92. The van der Waals surface area contributed by atoms with Crippen LogP contribution in [0.1, 0.15) is 25.3 Å². The minimum Gasteiger partial charge on any atom is -0.327 e. The molecule has 3 nitrogen and oxygen atoms in total. The predicted octanol–water partition coefficient (Wildman–Crippen LogP) is 2.77. The molecular formula is C12H15F3N2O. The zero-order valence-electron chi connectivity index (χ0n) is 9.92. The van der Waals surface area contributed by atoms with Gasteiger partial charge in [-0.05, 0) is 24.6 Å². The summed E-state index contributed by atoms with van der Waals surface area (Å²) >= 11 is 0. The summed E-state index contributed by atoms with van der Waals surface area (Å²) in [7, 11) is 0. The molecule has 0 heterocycles. The molecule has 0 spiro atoms. The molecular weight excluding hydrogens is 245 g/mol. The average molecular weight is 260 g/mol. The largest absolute Gasteiger partial charge is 0.416 e. The maximum Gasteiger partial charge on any atom is 0.416 e. The van der Waals surface area contributed by atoms with Gasteiger partial charge in [-0.2, -0.15) is 13.2 Å². The van der Waals surface area contributed by atoms with E-state index in [-0.39, 0.29) is 24.1 Å². The van der Waals surface area contributed by atoms with Gasteiger partial charge in [0.25, 0.3) is 0 Å². The molecule has 1 aromatic carbocycles. The van der Waals surface area contributed by atoms with Crippen molar-refractivity contribution in [3.05, 3.63) is 29.8 Å². The highest BCUT2D eigenvalue weighted by molar-refractivity contribution is 5.91. The first kappa shape index (κ1) is 14.5. The number of carbonyl (C=O) groups excluding carboxylic acids is 1. The fourth-order valence-electron chi connectivity index (χ4n) is 1.37. The van der Waals surface area contributed by atoms with Crippen LogP contribution in [0.25, 0.3) is 0 Å². The third-order valence-corrected chi connectivity index (χ3v) is 2.45. The van der Waals surface area contributed by atoms with E-state index in [1.165, 1.54) is 12.1 Å². The average Bonchev–Trinajstić information content (AvgIpc) is 2.27. The van der Waals surface area contributed by atoms with Gasteiger partial charge in [0, 0.05) is 18.2 Å². The van der Waals surface area contributed by atoms with Crippen molar-refractivity contribution >= 4 is 11.6 Å². The minimum atomic E-state index is -4.42. The van der Waals surface area contributed by atoms with Gasteiger partial charge in [-0.1, -0.05) is 13.0 Å². The van der Waals surface area contributed by atoms with Crippen LogP contribution < -0.4 is 11.1 Å². The number of amides is 1. The van der Waals surface area contributed by atoms with Crippen molar-refractivity contribution < 1.29 is 18.0 Å². The fraction of sp³-hybridized carbons (Fsp3) is 0.417. The molecule has 0 aliphatic rings. The molecule has 1 atom stereocenters. The number of anilines is 1. The molecule has 0 saturated heterocycles. The lowest BCUT2D eigenvalue weighted by Gasteiger charge is -2.11. The van der Waals surface area contributed by atoms with Crippen molar-refractivity contribution in [3.8, 4) is 0 Å². The highest BCUT2D eigenvalue weighted by Gasteiger charge is 2.30. The second-order valence-corrected chi connectivity index (χ2v) is 4.00.